The van der Waals surface area contributed by atoms with Crippen LogP contribution in [0.4, 0.5) is 0 Å². The lowest BCUT2D eigenvalue weighted by molar-refractivity contribution is 0.390. The van der Waals surface area contributed by atoms with E-state index in [0.29, 0.717) is 0 Å². The summed E-state index contributed by atoms with van der Waals surface area (Å²) in [4.78, 5) is 2.17. The molecule has 0 fully saturated rings. The van der Waals surface area contributed by atoms with E-state index in [4.69, 9.17) is 11.6 Å². The van der Waals surface area contributed by atoms with E-state index in [1.807, 2.05) is 24.3 Å². The van der Waals surface area contributed by atoms with Gasteiger partial charge in [0.15, 0.2) is 0 Å². The SMILES string of the molecule is CN(CBr)Cc1ccc(Cl)cc1. The molecule has 3 heteroatoms. The Kier molecular flexibility index (Phi) is 4.06. The van der Waals surface area contributed by atoms with Crippen LogP contribution in [0.3, 0.4) is 0 Å². The van der Waals surface area contributed by atoms with Crippen LogP contribution in [0.25, 0.3) is 0 Å². The molecule has 0 radical (unpaired) electrons. The molecule has 0 atom stereocenters. The first-order valence-corrected chi connectivity index (χ1v) is 5.21. The van der Waals surface area contributed by atoms with Crippen molar-refractivity contribution in [1.29, 1.82) is 0 Å². The van der Waals surface area contributed by atoms with Gasteiger partial charge in [0.05, 0.1) is 5.45 Å². The quantitative estimate of drug-likeness (QED) is 0.587. The summed E-state index contributed by atoms with van der Waals surface area (Å²) < 4.78 is 0. The highest BCUT2D eigenvalue weighted by atomic mass is 79.9. The molecule has 0 saturated heterocycles. The molecule has 1 aromatic carbocycles. The van der Waals surface area contributed by atoms with Crippen LogP contribution in [-0.2, 0) is 6.54 Å². The van der Waals surface area contributed by atoms with Crippen molar-refractivity contribution in [3.8, 4) is 0 Å². The molecule has 12 heavy (non-hydrogen) atoms. The molecule has 0 aliphatic heterocycles. The minimum Gasteiger partial charge on any atom is -0.292 e. The first kappa shape index (κ1) is 10.0. The summed E-state index contributed by atoms with van der Waals surface area (Å²) in [5, 5.41) is 0.792. The van der Waals surface area contributed by atoms with Gasteiger partial charge >= 0.3 is 0 Å². The lowest BCUT2D eigenvalue weighted by Gasteiger charge is -2.12. The van der Waals surface area contributed by atoms with Gasteiger partial charge in [0, 0.05) is 11.6 Å². The minimum atomic E-state index is 0.792. The molecule has 0 bridgehead atoms. The van der Waals surface area contributed by atoms with Gasteiger partial charge in [-0.05, 0) is 24.7 Å². The third-order valence-corrected chi connectivity index (χ3v) is 2.68. The molecule has 1 nitrogen and oxygen atoms in total. The molecule has 0 amide bonds. The number of hydrogen-bond acceptors (Lipinski definition) is 1. The van der Waals surface area contributed by atoms with Gasteiger partial charge in [-0.25, -0.2) is 0 Å². The molecule has 0 N–H and O–H groups in total. The summed E-state index contributed by atoms with van der Waals surface area (Å²) in [5.74, 6) is 0. The van der Waals surface area contributed by atoms with Crippen LogP contribution in [0, 0.1) is 0 Å². The molecule has 0 unspecified atom stereocenters. The highest BCUT2D eigenvalue weighted by molar-refractivity contribution is 9.09. The fourth-order valence-electron chi connectivity index (χ4n) is 0.944. The Labute approximate surface area is 86.5 Å². The van der Waals surface area contributed by atoms with Crippen molar-refractivity contribution >= 4 is 27.5 Å². The van der Waals surface area contributed by atoms with E-state index >= 15 is 0 Å². The predicted octanol–water partition coefficient (Wildman–Crippen LogP) is 3.12. The zero-order valence-corrected chi connectivity index (χ0v) is 9.27. The van der Waals surface area contributed by atoms with Gasteiger partial charge in [0.25, 0.3) is 0 Å². The van der Waals surface area contributed by atoms with Crippen LogP contribution in [0.15, 0.2) is 24.3 Å². The Morgan fingerprint density at radius 2 is 1.92 bits per heavy atom. The third-order valence-electron chi connectivity index (χ3n) is 1.57. The molecule has 0 saturated carbocycles. The van der Waals surface area contributed by atoms with Crippen LogP contribution in [0.1, 0.15) is 5.56 Å². The molecule has 1 aromatic rings. The van der Waals surface area contributed by atoms with Crippen LogP contribution >= 0.6 is 27.5 Å². The Bertz CT molecular complexity index is 235. The van der Waals surface area contributed by atoms with Gasteiger partial charge < -0.3 is 0 Å². The minimum absolute atomic E-state index is 0.792. The van der Waals surface area contributed by atoms with E-state index in [-0.39, 0.29) is 0 Å². The van der Waals surface area contributed by atoms with Crippen LogP contribution in [0.5, 0.6) is 0 Å². The average molecular weight is 249 g/mol. The number of halogens is 2. The van der Waals surface area contributed by atoms with E-state index in [1.54, 1.807) is 0 Å². The first-order chi connectivity index (χ1) is 5.72. The third kappa shape index (κ3) is 3.13. The maximum Gasteiger partial charge on any atom is 0.0542 e. The lowest BCUT2D eigenvalue weighted by Crippen LogP contribution is -2.14. The molecule has 0 aliphatic carbocycles. The van der Waals surface area contributed by atoms with E-state index < -0.39 is 0 Å². The predicted molar refractivity (Wildman–Crippen MR) is 56.7 cm³/mol. The number of hydrogen-bond donors (Lipinski definition) is 0. The summed E-state index contributed by atoms with van der Waals surface area (Å²) in [6.07, 6.45) is 0. The fourth-order valence-corrected chi connectivity index (χ4v) is 1.25. The summed E-state index contributed by atoms with van der Waals surface area (Å²) >= 11 is 9.15. The largest absolute Gasteiger partial charge is 0.292 e. The van der Waals surface area contributed by atoms with Crippen molar-refractivity contribution in [1.82, 2.24) is 4.90 Å². The van der Waals surface area contributed by atoms with E-state index in [9.17, 15) is 0 Å². The number of alkyl halides is 1. The maximum atomic E-state index is 5.76. The lowest BCUT2D eigenvalue weighted by atomic mass is 10.2. The van der Waals surface area contributed by atoms with Gasteiger partial charge in [-0.2, -0.15) is 0 Å². The molecule has 66 valence electrons. The zero-order chi connectivity index (χ0) is 8.97. The summed E-state index contributed by atoms with van der Waals surface area (Å²) in [6.45, 7) is 0.947. The van der Waals surface area contributed by atoms with Crippen molar-refractivity contribution in [2.24, 2.45) is 0 Å². The van der Waals surface area contributed by atoms with Crippen molar-refractivity contribution in [2.75, 3.05) is 12.5 Å². The Morgan fingerprint density at radius 1 is 1.33 bits per heavy atom. The second kappa shape index (κ2) is 4.85. The summed E-state index contributed by atoms with van der Waals surface area (Å²) in [6, 6.07) is 7.92. The van der Waals surface area contributed by atoms with Crippen molar-refractivity contribution in [3.05, 3.63) is 34.9 Å². The zero-order valence-electron chi connectivity index (χ0n) is 6.93. The Morgan fingerprint density at radius 3 is 2.42 bits per heavy atom. The molecule has 0 aromatic heterocycles. The van der Waals surface area contributed by atoms with E-state index in [0.717, 1.165) is 17.0 Å². The number of nitrogens with zero attached hydrogens (tertiary/aromatic N) is 1. The van der Waals surface area contributed by atoms with Gasteiger partial charge in [0.1, 0.15) is 0 Å². The Hall–Kier alpha value is -0.0500. The van der Waals surface area contributed by atoms with Crippen molar-refractivity contribution in [3.63, 3.8) is 0 Å². The fraction of sp³-hybridized carbons (Fsp3) is 0.333. The normalized spacial score (nSPS) is 10.7. The van der Waals surface area contributed by atoms with Crippen molar-refractivity contribution < 1.29 is 0 Å². The summed E-state index contributed by atoms with van der Waals surface area (Å²) in [5.41, 5.74) is 2.16. The summed E-state index contributed by atoms with van der Waals surface area (Å²) in [7, 11) is 2.06. The smallest absolute Gasteiger partial charge is 0.0542 e. The van der Waals surface area contributed by atoms with E-state index in [1.165, 1.54) is 5.56 Å². The molecule has 1 rings (SSSR count). The van der Waals surface area contributed by atoms with Gasteiger partial charge in [0.2, 0.25) is 0 Å². The first-order valence-electron chi connectivity index (χ1n) is 3.71. The number of rotatable bonds is 3. The molecular weight excluding hydrogens is 237 g/mol. The van der Waals surface area contributed by atoms with Gasteiger partial charge in [-0.1, -0.05) is 39.7 Å². The second-order valence-electron chi connectivity index (χ2n) is 2.76. The second-order valence-corrected chi connectivity index (χ2v) is 3.70. The highest BCUT2D eigenvalue weighted by Gasteiger charge is 1.97. The maximum absolute atomic E-state index is 5.76. The average Bonchev–Trinajstić information content (AvgIpc) is 2.09. The molecule has 0 spiro atoms. The van der Waals surface area contributed by atoms with Crippen LogP contribution in [0.2, 0.25) is 5.02 Å². The van der Waals surface area contributed by atoms with Crippen LogP contribution < -0.4 is 0 Å². The molecule has 0 heterocycles. The highest BCUT2D eigenvalue weighted by Crippen LogP contribution is 2.10. The van der Waals surface area contributed by atoms with E-state index in [2.05, 4.69) is 27.9 Å². The molecule has 0 aliphatic rings. The molecular formula is C9H11BrClN. The standard InChI is InChI=1S/C9H11BrClN/c1-12(7-10)6-8-2-4-9(11)5-3-8/h2-5H,6-7H2,1H3. The monoisotopic (exact) mass is 247 g/mol. The topological polar surface area (TPSA) is 3.24 Å². The van der Waals surface area contributed by atoms with Gasteiger partial charge in [-0.15, -0.1) is 0 Å². The van der Waals surface area contributed by atoms with Crippen LogP contribution in [-0.4, -0.2) is 17.4 Å². The van der Waals surface area contributed by atoms with Gasteiger partial charge in [-0.3, -0.25) is 4.90 Å². The number of benzene rings is 1. The van der Waals surface area contributed by atoms with Crippen molar-refractivity contribution in [2.45, 2.75) is 6.54 Å². The Balaban J connectivity index is 2.58.